The molecule has 1 N–H and O–H groups in total. The zero-order valence-electron chi connectivity index (χ0n) is 16.7. The topological polar surface area (TPSA) is 69.0 Å². The van der Waals surface area contributed by atoms with Gasteiger partial charge in [0.05, 0.1) is 18.0 Å². The molecule has 9 heteroatoms. The van der Waals surface area contributed by atoms with E-state index < -0.39 is 17.5 Å². The molecule has 2 heterocycles. The second-order valence-corrected chi connectivity index (χ2v) is 7.48. The van der Waals surface area contributed by atoms with Crippen molar-refractivity contribution in [2.45, 2.75) is 13.8 Å². The van der Waals surface area contributed by atoms with Crippen molar-refractivity contribution in [2.75, 3.05) is 11.9 Å². The summed E-state index contributed by atoms with van der Waals surface area (Å²) in [7, 11) is 0. The molecule has 2 aromatic carbocycles. The number of rotatable bonds is 6. The van der Waals surface area contributed by atoms with Gasteiger partial charge in [0, 0.05) is 22.6 Å². The first-order valence-electron chi connectivity index (χ1n) is 9.47. The van der Waals surface area contributed by atoms with E-state index in [0.717, 1.165) is 29.1 Å². The summed E-state index contributed by atoms with van der Waals surface area (Å²) < 4.78 is 33.6. The predicted molar refractivity (Wildman–Crippen MR) is 115 cm³/mol. The third-order valence-corrected chi connectivity index (χ3v) is 5.21. The van der Waals surface area contributed by atoms with Crippen molar-refractivity contribution >= 4 is 23.1 Å². The van der Waals surface area contributed by atoms with Gasteiger partial charge in [-0.15, -0.1) is 11.3 Å². The molecule has 0 atom stereocenters. The fraction of sp³-hybridized carbons (Fsp3) is 0.136. The molecule has 0 fully saturated rings. The Labute approximate surface area is 181 Å². The maximum Gasteiger partial charge on any atom is 0.256 e. The van der Waals surface area contributed by atoms with E-state index in [9.17, 15) is 13.6 Å². The number of benzene rings is 2. The number of ether oxygens (including phenoxy) is 1. The third kappa shape index (κ3) is 4.46. The number of amides is 1. The minimum absolute atomic E-state index is 0.00137. The minimum Gasteiger partial charge on any atom is -0.494 e. The van der Waals surface area contributed by atoms with E-state index in [2.05, 4.69) is 15.4 Å². The Kier molecular flexibility index (Phi) is 5.77. The van der Waals surface area contributed by atoms with Gasteiger partial charge in [-0.25, -0.2) is 13.8 Å². The van der Waals surface area contributed by atoms with Gasteiger partial charge < -0.3 is 10.1 Å². The Morgan fingerprint density at radius 2 is 1.90 bits per heavy atom. The Bertz CT molecular complexity index is 1230. The van der Waals surface area contributed by atoms with Crippen molar-refractivity contribution < 1.29 is 18.3 Å². The van der Waals surface area contributed by atoms with Crippen LogP contribution < -0.4 is 10.1 Å². The highest BCUT2D eigenvalue weighted by Gasteiger charge is 2.16. The van der Waals surface area contributed by atoms with Crippen molar-refractivity contribution in [3.63, 3.8) is 0 Å². The monoisotopic (exact) mass is 440 g/mol. The van der Waals surface area contributed by atoms with Gasteiger partial charge >= 0.3 is 0 Å². The van der Waals surface area contributed by atoms with Crippen LogP contribution in [0.4, 0.5) is 14.6 Å². The largest absolute Gasteiger partial charge is 0.494 e. The molecule has 0 bridgehead atoms. The van der Waals surface area contributed by atoms with Crippen molar-refractivity contribution in [2.24, 2.45) is 0 Å². The lowest BCUT2D eigenvalue weighted by Gasteiger charge is -2.07. The van der Waals surface area contributed by atoms with E-state index in [0.29, 0.717) is 23.3 Å². The van der Waals surface area contributed by atoms with Crippen LogP contribution in [0.3, 0.4) is 0 Å². The molecule has 2 aromatic heterocycles. The van der Waals surface area contributed by atoms with E-state index in [1.54, 1.807) is 13.0 Å². The molecule has 0 unspecified atom stereocenters. The fourth-order valence-electron chi connectivity index (χ4n) is 2.94. The average Bonchev–Trinajstić information content (AvgIpc) is 3.37. The molecule has 0 aliphatic rings. The number of aryl methyl sites for hydroxylation is 1. The molecular formula is C22H18F2N4O2S. The quantitative estimate of drug-likeness (QED) is 0.446. The molecule has 0 saturated carbocycles. The first kappa shape index (κ1) is 20.7. The molecule has 158 valence electrons. The zero-order chi connectivity index (χ0) is 22.0. The van der Waals surface area contributed by atoms with Gasteiger partial charge in [0.2, 0.25) is 5.13 Å². The number of carbonyl (C=O) groups excluding carboxylic acids is 1. The zero-order valence-corrected chi connectivity index (χ0v) is 17.5. The number of thiazole rings is 1. The highest BCUT2D eigenvalue weighted by Crippen LogP contribution is 2.28. The maximum atomic E-state index is 13.5. The van der Waals surface area contributed by atoms with Gasteiger partial charge in [-0.2, -0.15) is 9.78 Å². The van der Waals surface area contributed by atoms with Crippen LogP contribution in [0.2, 0.25) is 0 Å². The highest BCUT2D eigenvalue weighted by atomic mass is 32.1. The molecule has 0 spiro atoms. The van der Waals surface area contributed by atoms with E-state index >= 15 is 0 Å². The van der Waals surface area contributed by atoms with Gasteiger partial charge in [-0.3, -0.25) is 4.79 Å². The molecule has 4 aromatic rings. The number of nitrogens with one attached hydrogen (secondary N) is 1. The Morgan fingerprint density at radius 3 is 2.61 bits per heavy atom. The molecule has 0 aliphatic heterocycles. The molecule has 31 heavy (non-hydrogen) atoms. The first-order valence-corrected chi connectivity index (χ1v) is 10.3. The number of carbonyl (C=O) groups is 1. The summed E-state index contributed by atoms with van der Waals surface area (Å²) >= 11 is 1.36. The molecule has 0 radical (unpaired) electrons. The first-order chi connectivity index (χ1) is 14.9. The van der Waals surface area contributed by atoms with Crippen LogP contribution in [0.1, 0.15) is 23.0 Å². The second-order valence-electron chi connectivity index (χ2n) is 6.64. The van der Waals surface area contributed by atoms with Crippen molar-refractivity contribution in [3.05, 3.63) is 76.8 Å². The van der Waals surface area contributed by atoms with E-state index in [1.807, 2.05) is 36.6 Å². The molecule has 4 rings (SSSR count). The van der Waals surface area contributed by atoms with Gasteiger partial charge in [-0.1, -0.05) is 0 Å². The van der Waals surface area contributed by atoms with Crippen molar-refractivity contribution in [1.29, 1.82) is 0 Å². The number of aromatic nitrogens is 3. The summed E-state index contributed by atoms with van der Waals surface area (Å²) in [5.41, 5.74) is 2.34. The molecule has 1 amide bonds. The number of hydrogen-bond donors (Lipinski definition) is 1. The van der Waals surface area contributed by atoms with Crippen LogP contribution in [0.25, 0.3) is 16.4 Å². The van der Waals surface area contributed by atoms with E-state index in [-0.39, 0.29) is 5.56 Å². The number of nitrogens with zero attached hydrogens (tertiary/aromatic N) is 3. The van der Waals surface area contributed by atoms with E-state index in [4.69, 9.17) is 4.74 Å². The summed E-state index contributed by atoms with van der Waals surface area (Å²) in [5.74, 6) is -1.52. The summed E-state index contributed by atoms with van der Waals surface area (Å²) in [6.07, 6.45) is 0. The predicted octanol–water partition coefficient (Wildman–Crippen LogP) is 5.23. The Morgan fingerprint density at radius 1 is 1.13 bits per heavy atom. The minimum atomic E-state index is -1.09. The van der Waals surface area contributed by atoms with Gasteiger partial charge in [0.1, 0.15) is 11.6 Å². The average molecular weight is 440 g/mol. The van der Waals surface area contributed by atoms with E-state index in [1.165, 1.54) is 22.1 Å². The van der Waals surface area contributed by atoms with Gasteiger partial charge in [0.25, 0.3) is 5.91 Å². The van der Waals surface area contributed by atoms with Crippen molar-refractivity contribution in [1.82, 2.24) is 14.8 Å². The normalized spacial score (nSPS) is 10.8. The van der Waals surface area contributed by atoms with Gasteiger partial charge in [-0.05, 0) is 56.3 Å². The van der Waals surface area contributed by atoms with Crippen LogP contribution in [-0.2, 0) is 0 Å². The smallest absolute Gasteiger partial charge is 0.256 e. The summed E-state index contributed by atoms with van der Waals surface area (Å²) in [6.45, 7) is 4.30. The van der Waals surface area contributed by atoms with Crippen LogP contribution in [0.15, 0.2) is 53.9 Å². The Balaban J connectivity index is 1.58. The molecule has 0 saturated heterocycles. The second kappa shape index (κ2) is 8.65. The highest BCUT2D eigenvalue weighted by molar-refractivity contribution is 7.12. The summed E-state index contributed by atoms with van der Waals surface area (Å²) in [4.78, 5) is 17.1. The summed E-state index contributed by atoms with van der Waals surface area (Å²) in [5, 5.41) is 9.53. The maximum absolute atomic E-state index is 13.5. The number of hydrogen-bond acceptors (Lipinski definition) is 5. The Hall–Kier alpha value is -3.59. The fourth-order valence-corrected chi connectivity index (χ4v) is 3.74. The van der Waals surface area contributed by atoms with Crippen LogP contribution >= 0.6 is 11.3 Å². The van der Waals surface area contributed by atoms with Crippen LogP contribution in [-0.4, -0.2) is 27.3 Å². The van der Waals surface area contributed by atoms with Gasteiger partial charge in [0.15, 0.2) is 11.6 Å². The van der Waals surface area contributed by atoms with Crippen LogP contribution in [0.5, 0.6) is 5.75 Å². The third-order valence-electron chi connectivity index (χ3n) is 4.39. The molecule has 0 aliphatic carbocycles. The van der Waals surface area contributed by atoms with Crippen LogP contribution in [0, 0.1) is 18.6 Å². The SMILES string of the molecule is CCOc1ccc(-c2csc(-n3nc(C)cc3NC(=O)c3ccc(F)c(F)c3)n2)cc1. The summed E-state index contributed by atoms with van der Waals surface area (Å²) in [6, 6.07) is 12.3. The lowest BCUT2D eigenvalue weighted by molar-refractivity contribution is 0.102. The molecule has 6 nitrogen and oxygen atoms in total. The number of anilines is 1. The lowest BCUT2D eigenvalue weighted by Crippen LogP contribution is -2.15. The molecular weight excluding hydrogens is 422 g/mol. The standard InChI is InChI=1S/C22H18F2N4O2S/c1-3-30-16-7-4-14(5-8-16)19-12-31-22(25-19)28-20(10-13(2)27-28)26-21(29)15-6-9-17(23)18(24)11-15/h4-12H,3H2,1-2H3,(H,26,29). The van der Waals surface area contributed by atoms with Crippen molar-refractivity contribution in [3.8, 4) is 22.1 Å². The lowest BCUT2D eigenvalue weighted by atomic mass is 10.2. The number of halogens is 2.